The highest BCUT2D eigenvalue weighted by molar-refractivity contribution is 6.00. The quantitative estimate of drug-likeness (QED) is 0.589. The maximum absolute atomic E-state index is 12.7. The van der Waals surface area contributed by atoms with Crippen LogP contribution in [0.25, 0.3) is 0 Å². The molecule has 1 aromatic carbocycles. The van der Waals surface area contributed by atoms with Crippen molar-refractivity contribution in [3.05, 3.63) is 34.9 Å². The average molecular weight is 292 g/mol. The third kappa shape index (κ3) is 4.03. The minimum absolute atomic E-state index is 0.345. The lowest BCUT2D eigenvalue weighted by Crippen LogP contribution is -2.35. The van der Waals surface area contributed by atoms with E-state index in [1.165, 1.54) is 6.92 Å². The fourth-order valence-electron chi connectivity index (χ4n) is 1.60. The number of aryl methyl sites for hydroxylation is 2. The molecule has 0 saturated carbocycles. The van der Waals surface area contributed by atoms with Crippen molar-refractivity contribution in [1.82, 2.24) is 0 Å². The van der Waals surface area contributed by atoms with E-state index in [1.54, 1.807) is 26.0 Å². The molecule has 2 nitrogen and oxygen atoms in total. The van der Waals surface area contributed by atoms with Gasteiger partial charge in [-0.1, -0.05) is 17.7 Å². The largest absolute Gasteiger partial charge is 0.364 e. The van der Waals surface area contributed by atoms with Crippen molar-refractivity contribution >= 4 is 5.78 Å². The van der Waals surface area contributed by atoms with Crippen LogP contribution in [0.2, 0.25) is 0 Å². The molecule has 6 heteroatoms. The van der Waals surface area contributed by atoms with Gasteiger partial charge in [-0.3, -0.25) is 4.79 Å². The SMILES string of the molecule is Cc1ccc(C)c(C(=O)C(C)OCC(F)(F)C(F)F)c1. The number of hydrogen-bond donors (Lipinski definition) is 0. The van der Waals surface area contributed by atoms with Gasteiger partial charge in [0, 0.05) is 5.56 Å². The molecule has 0 aromatic heterocycles. The summed E-state index contributed by atoms with van der Waals surface area (Å²) in [5.74, 6) is -4.76. The molecule has 1 atom stereocenters. The summed E-state index contributed by atoms with van der Waals surface area (Å²) in [7, 11) is 0. The maximum atomic E-state index is 12.7. The normalized spacial score (nSPS) is 13.6. The standard InChI is InChI=1S/C14H16F4O2/c1-8-4-5-9(2)11(6-8)12(19)10(3)20-7-14(17,18)13(15)16/h4-6,10,13H,7H2,1-3H3. The number of ether oxygens (including phenoxy) is 1. The molecule has 0 aliphatic rings. The zero-order chi connectivity index (χ0) is 15.5. The summed E-state index contributed by atoms with van der Waals surface area (Å²) in [5.41, 5.74) is 1.86. The Balaban J connectivity index is 2.75. The molecule has 0 heterocycles. The summed E-state index contributed by atoms with van der Waals surface area (Å²) in [6.45, 7) is 3.27. The van der Waals surface area contributed by atoms with Crippen molar-refractivity contribution in [2.24, 2.45) is 0 Å². The second kappa shape index (κ2) is 6.35. The van der Waals surface area contributed by atoms with E-state index in [9.17, 15) is 22.4 Å². The summed E-state index contributed by atoms with van der Waals surface area (Å²) in [6.07, 6.45) is -5.02. The lowest BCUT2D eigenvalue weighted by Gasteiger charge is -2.19. The fraction of sp³-hybridized carbons (Fsp3) is 0.500. The van der Waals surface area contributed by atoms with Crippen LogP contribution in [0.4, 0.5) is 17.6 Å². The summed E-state index contributed by atoms with van der Waals surface area (Å²) >= 11 is 0. The molecule has 0 bridgehead atoms. The molecule has 20 heavy (non-hydrogen) atoms. The first-order valence-electron chi connectivity index (χ1n) is 6.04. The molecule has 1 rings (SSSR count). The van der Waals surface area contributed by atoms with Gasteiger partial charge in [-0.15, -0.1) is 0 Å². The highest BCUT2D eigenvalue weighted by atomic mass is 19.3. The number of benzene rings is 1. The van der Waals surface area contributed by atoms with Crippen molar-refractivity contribution in [3.63, 3.8) is 0 Å². The highest BCUT2D eigenvalue weighted by Crippen LogP contribution is 2.24. The Labute approximate surface area is 114 Å². The molecule has 112 valence electrons. The van der Waals surface area contributed by atoms with Gasteiger partial charge in [0.1, 0.15) is 12.7 Å². The first kappa shape index (κ1) is 16.6. The van der Waals surface area contributed by atoms with Crippen LogP contribution in [-0.4, -0.2) is 30.8 Å². The van der Waals surface area contributed by atoms with Gasteiger partial charge in [-0.2, -0.15) is 8.78 Å². The van der Waals surface area contributed by atoms with Crippen molar-refractivity contribution in [2.45, 2.75) is 39.2 Å². The number of halogens is 4. The second-order valence-corrected chi connectivity index (χ2v) is 4.70. The van der Waals surface area contributed by atoms with Crippen LogP contribution in [-0.2, 0) is 4.74 Å². The molecule has 0 saturated heterocycles. The van der Waals surface area contributed by atoms with E-state index in [0.29, 0.717) is 11.1 Å². The number of rotatable bonds is 6. The zero-order valence-corrected chi connectivity index (χ0v) is 11.4. The van der Waals surface area contributed by atoms with Crippen LogP contribution in [0, 0.1) is 13.8 Å². The lowest BCUT2D eigenvalue weighted by molar-refractivity contribution is -0.170. The van der Waals surface area contributed by atoms with Crippen LogP contribution >= 0.6 is 0 Å². The Morgan fingerprint density at radius 1 is 1.30 bits per heavy atom. The first-order chi connectivity index (χ1) is 9.15. The number of hydrogen-bond acceptors (Lipinski definition) is 2. The van der Waals surface area contributed by atoms with Gasteiger partial charge >= 0.3 is 12.3 Å². The van der Waals surface area contributed by atoms with E-state index in [-0.39, 0.29) is 0 Å². The maximum Gasteiger partial charge on any atom is 0.330 e. The van der Waals surface area contributed by atoms with Gasteiger partial charge in [0.25, 0.3) is 0 Å². The molecule has 0 radical (unpaired) electrons. The van der Waals surface area contributed by atoms with Gasteiger partial charge in [0.2, 0.25) is 0 Å². The van der Waals surface area contributed by atoms with Crippen molar-refractivity contribution in [1.29, 1.82) is 0 Å². The summed E-state index contributed by atoms with van der Waals surface area (Å²) < 4.78 is 54.0. The van der Waals surface area contributed by atoms with Gasteiger partial charge in [0.05, 0.1) is 0 Å². The van der Waals surface area contributed by atoms with E-state index in [4.69, 9.17) is 0 Å². The van der Waals surface area contributed by atoms with Crippen LogP contribution in [0.15, 0.2) is 18.2 Å². The molecule has 0 aliphatic carbocycles. The van der Waals surface area contributed by atoms with Gasteiger partial charge in [0.15, 0.2) is 5.78 Å². The molecule has 1 aromatic rings. The van der Waals surface area contributed by atoms with Crippen LogP contribution in [0.1, 0.15) is 28.4 Å². The predicted octanol–water partition coefficient (Wildman–Crippen LogP) is 3.79. The first-order valence-corrected chi connectivity index (χ1v) is 6.04. The minimum atomic E-state index is -4.25. The lowest BCUT2D eigenvalue weighted by atomic mass is 9.99. The predicted molar refractivity (Wildman–Crippen MR) is 66.6 cm³/mol. The van der Waals surface area contributed by atoms with E-state index in [2.05, 4.69) is 4.74 Å². The molecule has 0 amide bonds. The van der Waals surface area contributed by atoms with Gasteiger partial charge < -0.3 is 4.74 Å². The Hall–Kier alpha value is -1.43. The molecule has 0 fully saturated rings. The number of Topliss-reactive ketones (excluding diaryl/α,β-unsaturated/α-hetero) is 1. The van der Waals surface area contributed by atoms with Crippen molar-refractivity contribution in [3.8, 4) is 0 Å². The second-order valence-electron chi connectivity index (χ2n) is 4.70. The third-order valence-electron chi connectivity index (χ3n) is 2.87. The fourth-order valence-corrected chi connectivity index (χ4v) is 1.60. The minimum Gasteiger partial charge on any atom is -0.364 e. The zero-order valence-electron chi connectivity index (χ0n) is 11.4. The van der Waals surface area contributed by atoms with Gasteiger partial charge in [-0.25, -0.2) is 8.78 Å². The van der Waals surface area contributed by atoms with E-state index in [1.807, 2.05) is 6.07 Å². The van der Waals surface area contributed by atoms with Crippen LogP contribution in [0.3, 0.4) is 0 Å². The number of carbonyl (C=O) groups excluding carboxylic acids is 1. The Morgan fingerprint density at radius 3 is 2.45 bits per heavy atom. The van der Waals surface area contributed by atoms with Crippen molar-refractivity contribution < 1.29 is 27.1 Å². The summed E-state index contributed by atoms with van der Waals surface area (Å²) in [6, 6.07) is 5.15. The van der Waals surface area contributed by atoms with E-state index >= 15 is 0 Å². The molecule has 0 spiro atoms. The molecule has 0 N–H and O–H groups in total. The van der Waals surface area contributed by atoms with Crippen molar-refractivity contribution in [2.75, 3.05) is 6.61 Å². The van der Waals surface area contributed by atoms with E-state index in [0.717, 1.165) is 5.56 Å². The molecule has 0 aliphatic heterocycles. The third-order valence-corrected chi connectivity index (χ3v) is 2.87. The Morgan fingerprint density at radius 2 is 1.90 bits per heavy atom. The number of carbonyl (C=O) groups is 1. The van der Waals surface area contributed by atoms with E-state index < -0.39 is 30.8 Å². The highest BCUT2D eigenvalue weighted by Gasteiger charge is 2.41. The molecule has 1 unspecified atom stereocenters. The number of ketones is 1. The van der Waals surface area contributed by atoms with Crippen LogP contribution < -0.4 is 0 Å². The molecular weight excluding hydrogens is 276 g/mol. The smallest absolute Gasteiger partial charge is 0.330 e. The molecular formula is C14H16F4O2. The number of alkyl halides is 4. The Kier molecular flexibility index (Phi) is 5.28. The van der Waals surface area contributed by atoms with Gasteiger partial charge in [-0.05, 0) is 32.4 Å². The summed E-state index contributed by atoms with van der Waals surface area (Å²) in [5, 5.41) is 0. The van der Waals surface area contributed by atoms with Crippen LogP contribution in [0.5, 0.6) is 0 Å². The average Bonchev–Trinajstić information content (AvgIpc) is 2.37. The monoisotopic (exact) mass is 292 g/mol. The topological polar surface area (TPSA) is 26.3 Å². The Bertz CT molecular complexity index is 486. The summed E-state index contributed by atoms with van der Waals surface area (Å²) in [4.78, 5) is 12.0.